The van der Waals surface area contributed by atoms with Crippen molar-refractivity contribution in [1.82, 2.24) is 14.8 Å². The van der Waals surface area contributed by atoms with Crippen molar-refractivity contribution in [3.05, 3.63) is 70.9 Å². The van der Waals surface area contributed by atoms with Gasteiger partial charge in [0.05, 0.1) is 22.8 Å². The van der Waals surface area contributed by atoms with Crippen LogP contribution in [0.4, 0.5) is 10.1 Å². The molecule has 4 rings (SSSR count). The second-order valence-corrected chi connectivity index (χ2v) is 6.86. The molecule has 0 bridgehead atoms. The van der Waals surface area contributed by atoms with E-state index in [9.17, 15) is 19.1 Å². The molecule has 1 aliphatic carbocycles. The maximum Gasteiger partial charge on any atom is 0.276 e. The minimum atomic E-state index is -1.64. The first kappa shape index (κ1) is 19.8. The number of carbonyl (C=O) groups is 2. The zero-order valence-corrected chi connectivity index (χ0v) is 15.9. The van der Waals surface area contributed by atoms with Gasteiger partial charge in [-0.05, 0) is 43.2 Å². The molecule has 1 aliphatic rings. The minimum Gasteiger partial charge on any atom is -0.545 e. The molecule has 1 saturated carbocycles. The summed E-state index contributed by atoms with van der Waals surface area (Å²) in [6.45, 7) is 0. The van der Waals surface area contributed by atoms with E-state index in [0.29, 0.717) is 11.4 Å². The average Bonchev–Trinajstić information content (AvgIpc) is 3.47. The van der Waals surface area contributed by atoms with Crippen molar-refractivity contribution in [2.24, 2.45) is 5.92 Å². The van der Waals surface area contributed by atoms with Crippen molar-refractivity contribution in [2.75, 3.05) is 5.32 Å². The summed E-state index contributed by atoms with van der Waals surface area (Å²) in [6, 6.07) is 8.43. The Balaban J connectivity index is 1.58. The second-order valence-electron chi connectivity index (χ2n) is 6.86. The maximum absolute atomic E-state index is 14.2. The lowest BCUT2D eigenvalue weighted by atomic mass is 10.1. The predicted octanol–water partition coefficient (Wildman–Crippen LogP) is 1.66. The van der Waals surface area contributed by atoms with E-state index in [1.807, 2.05) is 6.07 Å². The van der Waals surface area contributed by atoms with Crippen molar-refractivity contribution < 1.29 is 19.1 Å². The van der Waals surface area contributed by atoms with Crippen LogP contribution in [-0.4, -0.2) is 26.6 Å². The van der Waals surface area contributed by atoms with Crippen LogP contribution in [0.25, 0.3) is 5.82 Å². The van der Waals surface area contributed by atoms with Gasteiger partial charge in [0.25, 0.3) is 5.91 Å². The molecule has 0 unspecified atom stereocenters. The van der Waals surface area contributed by atoms with Gasteiger partial charge in [0.2, 0.25) is 0 Å². The number of nitrogens with zero attached hydrogens (tertiary/aromatic N) is 4. The number of carboxylic acids is 1. The number of rotatable bonds is 4. The summed E-state index contributed by atoms with van der Waals surface area (Å²) in [6.07, 6.45) is 5.07. The van der Waals surface area contributed by atoms with Crippen LogP contribution in [0.1, 0.15) is 44.8 Å². The van der Waals surface area contributed by atoms with Crippen molar-refractivity contribution in [2.45, 2.75) is 12.8 Å². The fraction of sp³-hybridized carbons (Fsp3) is 0.136. The summed E-state index contributed by atoms with van der Waals surface area (Å²) in [7, 11) is 0. The highest BCUT2D eigenvalue weighted by atomic mass is 19.1. The molecule has 9 heteroatoms. The van der Waals surface area contributed by atoms with E-state index >= 15 is 0 Å². The standard InChI is InChI=1S/C22H14FN5O3/c23-17-10-16(22(30)31)19(9-15(17)4-3-13-1-2-13)25-21(29)18-5-6-20(27-26-18)28-8-7-14(11-24)12-28/h5-10,12-13H,1-2H2,(H,25,29)(H,30,31)/p-1. The van der Waals surface area contributed by atoms with E-state index in [2.05, 4.69) is 27.4 Å². The zero-order valence-electron chi connectivity index (χ0n) is 15.9. The average molecular weight is 414 g/mol. The molecule has 0 aliphatic heterocycles. The van der Waals surface area contributed by atoms with E-state index in [-0.39, 0.29) is 22.9 Å². The third-order valence-electron chi connectivity index (χ3n) is 4.53. The number of amides is 1. The summed E-state index contributed by atoms with van der Waals surface area (Å²) < 4.78 is 15.8. The van der Waals surface area contributed by atoms with Gasteiger partial charge in [-0.15, -0.1) is 10.2 Å². The molecule has 0 atom stereocenters. The normalized spacial score (nSPS) is 12.4. The fourth-order valence-electron chi connectivity index (χ4n) is 2.72. The Kier molecular flexibility index (Phi) is 5.17. The Bertz CT molecular complexity index is 1290. The van der Waals surface area contributed by atoms with Gasteiger partial charge >= 0.3 is 0 Å². The molecule has 3 aromatic rings. The van der Waals surface area contributed by atoms with Crippen molar-refractivity contribution in [1.29, 1.82) is 5.26 Å². The number of aromatic nitrogens is 3. The van der Waals surface area contributed by atoms with Gasteiger partial charge in [-0.1, -0.05) is 11.8 Å². The number of halogens is 1. The first-order valence-corrected chi connectivity index (χ1v) is 9.24. The number of aromatic carboxylic acids is 1. The summed E-state index contributed by atoms with van der Waals surface area (Å²) in [4.78, 5) is 23.9. The number of benzene rings is 1. The number of anilines is 1. The molecule has 8 nitrogen and oxygen atoms in total. The molecule has 0 saturated heterocycles. The van der Waals surface area contributed by atoms with Gasteiger partial charge in [0.1, 0.15) is 11.9 Å². The minimum absolute atomic E-state index is 0.0189. The van der Waals surface area contributed by atoms with E-state index in [1.165, 1.54) is 18.2 Å². The predicted molar refractivity (Wildman–Crippen MR) is 104 cm³/mol. The Hall–Kier alpha value is -4.50. The summed E-state index contributed by atoms with van der Waals surface area (Å²) in [5, 5.41) is 30.5. The number of hydrogen-bond acceptors (Lipinski definition) is 6. The second kappa shape index (κ2) is 8.09. The van der Waals surface area contributed by atoms with Crippen LogP contribution >= 0.6 is 0 Å². The van der Waals surface area contributed by atoms with Crippen LogP contribution in [0.5, 0.6) is 0 Å². The molecule has 31 heavy (non-hydrogen) atoms. The smallest absolute Gasteiger partial charge is 0.276 e. The van der Waals surface area contributed by atoms with E-state index in [4.69, 9.17) is 5.26 Å². The van der Waals surface area contributed by atoms with Gasteiger partial charge in [-0.3, -0.25) is 4.79 Å². The highest BCUT2D eigenvalue weighted by Gasteiger charge is 2.19. The molecule has 1 aromatic carbocycles. The summed E-state index contributed by atoms with van der Waals surface area (Å²) in [5.41, 5.74) is -0.328. The Morgan fingerprint density at radius 2 is 2.03 bits per heavy atom. The number of nitrogens with one attached hydrogen (secondary N) is 1. The molecular weight excluding hydrogens is 401 g/mol. The van der Waals surface area contributed by atoms with Crippen molar-refractivity contribution >= 4 is 17.6 Å². The van der Waals surface area contributed by atoms with E-state index in [1.54, 1.807) is 23.0 Å². The number of hydrogen-bond donors (Lipinski definition) is 1. The molecule has 2 heterocycles. The highest BCUT2D eigenvalue weighted by molar-refractivity contribution is 6.06. The zero-order chi connectivity index (χ0) is 22.0. The molecule has 1 amide bonds. The van der Waals surface area contributed by atoms with E-state index in [0.717, 1.165) is 18.9 Å². The first-order chi connectivity index (χ1) is 14.9. The Labute approximate surface area is 176 Å². The maximum atomic E-state index is 14.2. The molecule has 152 valence electrons. The van der Waals surface area contributed by atoms with Crippen molar-refractivity contribution in [3.63, 3.8) is 0 Å². The monoisotopic (exact) mass is 414 g/mol. The quantitative estimate of drug-likeness (QED) is 0.648. The van der Waals surface area contributed by atoms with Crippen LogP contribution in [0.3, 0.4) is 0 Å². The van der Waals surface area contributed by atoms with Crippen LogP contribution in [-0.2, 0) is 0 Å². The van der Waals surface area contributed by atoms with Crippen LogP contribution in [0.15, 0.2) is 42.7 Å². The highest BCUT2D eigenvalue weighted by Crippen LogP contribution is 2.28. The van der Waals surface area contributed by atoms with Crippen LogP contribution in [0.2, 0.25) is 0 Å². The number of nitriles is 1. The third-order valence-corrected chi connectivity index (χ3v) is 4.53. The largest absolute Gasteiger partial charge is 0.545 e. The lowest BCUT2D eigenvalue weighted by Crippen LogP contribution is -2.25. The Morgan fingerprint density at radius 1 is 1.23 bits per heavy atom. The molecule has 1 N–H and O–H groups in total. The third kappa shape index (κ3) is 4.41. The van der Waals surface area contributed by atoms with Crippen LogP contribution in [0, 0.1) is 34.9 Å². The molecule has 0 spiro atoms. The fourth-order valence-corrected chi connectivity index (χ4v) is 2.72. The summed E-state index contributed by atoms with van der Waals surface area (Å²) in [5.74, 6) is 2.99. The van der Waals surface area contributed by atoms with Gasteiger partial charge in [0, 0.05) is 23.9 Å². The molecule has 0 radical (unpaired) electrons. The topological polar surface area (TPSA) is 124 Å². The van der Waals surface area contributed by atoms with Gasteiger partial charge in [-0.25, -0.2) is 4.39 Å². The van der Waals surface area contributed by atoms with E-state index < -0.39 is 23.3 Å². The van der Waals surface area contributed by atoms with Crippen LogP contribution < -0.4 is 10.4 Å². The number of carboxylic acid groups (broad SMARTS) is 1. The lowest BCUT2D eigenvalue weighted by molar-refractivity contribution is -0.254. The lowest BCUT2D eigenvalue weighted by Gasteiger charge is -2.13. The first-order valence-electron chi connectivity index (χ1n) is 9.24. The SMILES string of the molecule is N#Cc1ccn(-c2ccc(C(=O)Nc3cc(C#CC4CC4)c(F)cc3C(=O)[O-])nn2)c1. The molecular formula is C22H13FN5O3-. The van der Waals surface area contributed by atoms with Gasteiger partial charge < -0.3 is 19.8 Å². The Morgan fingerprint density at radius 3 is 2.65 bits per heavy atom. The number of carbonyl (C=O) groups excluding carboxylic acids is 2. The van der Waals surface area contributed by atoms with Gasteiger partial charge in [0.15, 0.2) is 11.5 Å². The van der Waals surface area contributed by atoms with Gasteiger partial charge in [-0.2, -0.15) is 5.26 Å². The summed E-state index contributed by atoms with van der Waals surface area (Å²) >= 11 is 0. The van der Waals surface area contributed by atoms with Crippen molar-refractivity contribution in [3.8, 4) is 23.7 Å². The molecule has 2 aromatic heterocycles. The molecule has 1 fully saturated rings.